The highest BCUT2D eigenvalue weighted by atomic mass is 16.5. The number of benzene rings is 2. The molecule has 0 saturated heterocycles. The van der Waals surface area contributed by atoms with Crippen LogP contribution in [0.15, 0.2) is 54.6 Å². The predicted octanol–water partition coefficient (Wildman–Crippen LogP) is 3.36. The Morgan fingerprint density at radius 2 is 1.68 bits per heavy atom. The predicted molar refractivity (Wildman–Crippen MR) is 76.8 cm³/mol. The highest BCUT2D eigenvalue weighted by Gasteiger charge is 2.12. The van der Waals surface area contributed by atoms with E-state index in [1.165, 1.54) is 0 Å². The Morgan fingerprint density at radius 3 is 2.26 bits per heavy atom. The molecule has 0 bridgehead atoms. The summed E-state index contributed by atoms with van der Waals surface area (Å²) in [6, 6.07) is 16.8. The van der Waals surface area contributed by atoms with Crippen LogP contribution in [0.1, 0.15) is 17.3 Å². The van der Waals surface area contributed by atoms with Gasteiger partial charge in [0.1, 0.15) is 5.75 Å². The Labute approximate surface area is 113 Å². The van der Waals surface area contributed by atoms with Gasteiger partial charge in [0.2, 0.25) is 0 Å². The van der Waals surface area contributed by atoms with E-state index < -0.39 is 0 Å². The minimum atomic E-state index is -0.0331. The van der Waals surface area contributed by atoms with Gasteiger partial charge in [-0.1, -0.05) is 18.2 Å². The average molecular weight is 255 g/mol. The molecule has 2 aromatic carbocycles. The van der Waals surface area contributed by atoms with E-state index in [1.807, 2.05) is 49.4 Å². The molecule has 19 heavy (non-hydrogen) atoms. The zero-order chi connectivity index (χ0) is 13.7. The monoisotopic (exact) mass is 255 g/mol. The summed E-state index contributed by atoms with van der Waals surface area (Å²) in [5.74, 6) is 0.746. The number of hydrogen-bond acceptors (Lipinski definition) is 2. The molecule has 0 fully saturated rings. The second kappa shape index (κ2) is 6.05. The fourth-order valence-corrected chi connectivity index (χ4v) is 1.82. The van der Waals surface area contributed by atoms with Crippen LogP contribution in [0.3, 0.4) is 0 Å². The van der Waals surface area contributed by atoms with Crippen molar-refractivity contribution in [2.24, 2.45) is 0 Å². The van der Waals surface area contributed by atoms with Crippen LogP contribution in [0.25, 0.3) is 0 Å². The molecule has 3 nitrogen and oxygen atoms in total. The number of anilines is 1. The van der Waals surface area contributed by atoms with Crippen molar-refractivity contribution >= 4 is 11.6 Å². The Morgan fingerprint density at radius 1 is 1.05 bits per heavy atom. The largest absolute Gasteiger partial charge is 0.494 e. The molecular weight excluding hydrogens is 238 g/mol. The third-order valence-electron chi connectivity index (χ3n) is 2.86. The van der Waals surface area contributed by atoms with Crippen molar-refractivity contribution in [2.45, 2.75) is 6.92 Å². The van der Waals surface area contributed by atoms with Gasteiger partial charge in [-0.15, -0.1) is 0 Å². The summed E-state index contributed by atoms with van der Waals surface area (Å²) in [5, 5.41) is 0. The second-order valence-corrected chi connectivity index (χ2v) is 4.16. The van der Waals surface area contributed by atoms with Crippen molar-refractivity contribution < 1.29 is 9.53 Å². The minimum absolute atomic E-state index is 0.0331. The van der Waals surface area contributed by atoms with Crippen LogP contribution in [0, 0.1) is 0 Å². The average Bonchev–Trinajstić information content (AvgIpc) is 2.48. The standard InChI is InChI=1S/C16H17NO2/c1-3-19-15-11-9-13(10-12-15)16(18)17(2)14-7-5-4-6-8-14/h4-12H,3H2,1-2H3. The number of carbonyl (C=O) groups excluding carboxylic acids is 1. The lowest BCUT2D eigenvalue weighted by Crippen LogP contribution is -2.25. The van der Waals surface area contributed by atoms with Crippen LogP contribution in [-0.2, 0) is 0 Å². The van der Waals surface area contributed by atoms with Gasteiger partial charge in [0.05, 0.1) is 6.61 Å². The maximum absolute atomic E-state index is 12.3. The molecule has 3 heteroatoms. The van der Waals surface area contributed by atoms with Gasteiger partial charge in [-0.2, -0.15) is 0 Å². The summed E-state index contributed by atoms with van der Waals surface area (Å²) < 4.78 is 5.36. The molecule has 0 aromatic heterocycles. The minimum Gasteiger partial charge on any atom is -0.494 e. The number of amides is 1. The van der Waals surface area contributed by atoms with Crippen LogP contribution >= 0.6 is 0 Å². The first-order valence-electron chi connectivity index (χ1n) is 6.28. The first kappa shape index (κ1) is 13.1. The fraction of sp³-hybridized carbons (Fsp3) is 0.188. The quantitative estimate of drug-likeness (QED) is 0.838. The molecule has 0 saturated carbocycles. The SMILES string of the molecule is CCOc1ccc(C(=O)N(C)c2ccccc2)cc1. The first-order valence-corrected chi connectivity index (χ1v) is 6.28. The van der Waals surface area contributed by atoms with Crippen molar-refractivity contribution in [1.29, 1.82) is 0 Å². The number of ether oxygens (including phenoxy) is 1. The van der Waals surface area contributed by atoms with Crippen LogP contribution in [0.4, 0.5) is 5.69 Å². The van der Waals surface area contributed by atoms with Crippen molar-refractivity contribution in [2.75, 3.05) is 18.6 Å². The van der Waals surface area contributed by atoms with E-state index in [0.29, 0.717) is 12.2 Å². The first-order chi connectivity index (χ1) is 9.22. The number of rotatable bonds is 4. The van der Waals surface area contributed by atoms with Gasteiger partial charge < -0.3 is 9.64 Å². The Kier molecular flexibility index (Phi) is 4.18. The molecule has 0 atom stereocenters. The highest BCUT2D eigenvalue weighted by molar-refractivity contribution is 6.05. The van der Waals surface area contributed by atoms with Gasteiger partial charge in [-0.05, 0) is 43.3 Å². The Hall–Kier alpha value is -2.29. The Balaban J connectivity index is 2.15. The van der Waals surface area contributed by atoms with Crippen LogP contribution in [0.5, 0.6) is 5.75 Å². The number of para-hydroxylation sites is 1. The molecule has 98 valence electrons. The third kappa shape index (κ3) is 3.13. The molecule has 0 radical (unpaired) electrons. The number of nitrogens with zero attached hydrogens (tertiary/aromatic N) is 1. The van der Waals surface area contributed by atoms with E-state index in [2.05, 4.69) is 0 Å². The zero-order valence-corrected chi connectivity index (χ0v) is 11.2. The molecule has 0 aliphatic rings. The lowest BCUT2D eigenvalue weighted by molar-refractivity contribution is 0.0993. The van der Waals surface area contributed by atoms with Crippen LogP contribution < -0.4 is 9.64 Å². The molecule has 2 rings (SSSR count). The summed E-state index contributed by atoms with van der Waals surface area (Å²) in [5.41, 5.74) is 1.52. The van der Waals surface area contributed by atoms with Crippen molar-refractivity contribution in [3.8, 4) is 5.75 Å². The van der Waals surface area contributed by atoms with Gasteiger partial charge >= 0.3 is 0 Å². The maximum atomic E-state index is 12.3. The topological polar surface area (TPSA) is 29.5 Å². The summed E-state index contributed by atoms with van der Waals surface area (Å²) in [4.78, 5) is 13.9. The van der Waals surface area contributed by atoms with Gasteiger partial charge in [0.15, 0.2) is 0 Å². The molecule has 2 aromatic rings. The van der Waals surface area contributed by atoms with Crippen LogP contribution in [-0.4, -0.2) is 19.6 Å². The molecule has 0 aliphatic heterocycles. The molecule has 0 heterocycles. The van der Waals surface area contributed by atoms with E-state index in [9.17, 15) is 4.79 Å². The van der Waals surface area contributed by atoms with Gasteiger partial charge in [-0.25, -0.2) is 0 Å². The van der Waals surface area contributed by atoms with Gasteiger partial charge in [0, 0.05) is 18.3 Å². The summed E-state index contributed by atoms with van der Waals surface area (Å²) in [6.45, 7) is 2.56. The molecule has 0 unspecified atom stereocenters. The van der Waals surface area contributed by atoms with E-state index in [1.54, 1.807) is 24.1 Å². The van der Waals surface area contributed by atoms with Crippen molar-refractivity contribution in [1.82, 2.24) is 0 Å². The summed E-state index contributed by atoms with van der Waals surface area (Å²) >= 11 is 0. The van der Waals surface area contributed by atoms with Gasteiger partial charge in [0.25, 0.3) is 5.91 Å². The van der Waals surface area contributed by atoms with E-state index in [4.69, 9.17) is 4.74 Å². The molecule has 0 spiro atoms. The molecule has 0 aliphatic carbocycles. The van der Waals surface area contributed by atoms with Crippen molar-refractivity contribution in [3.63, 3.8) is 0 Å². The summed E-state index contributed by atoms with van der Waals surface area (Å²) in [6.07, 6.45) is 0. The van der Waals surface area contributed by atoms with E-state index >= 15 is 0 Å². The summed E-state index contributed by atoms with van der Waals surface area (Å²) in [7, 11) is 1.77. The lowest BCUT2D eigenvalue weighted by Gasteiger charge is -2.17. The zero-order valence-electron chi connectivity index (χ0n) is 11.2. The van der Waals surface area contributed by atoms with Crippen molar-refractivity contribution in [3.05, 3.63) is 60.2 Å². The fourth-order valence-electron chi connectivity index (χ4n) is 1.82. The normalized spacial score (nSPS) is 10.0. The van der Waals surface area contributed by atoms with E-state index in [0.717, 1.165) is 11.4 Å². The maximum Gasteiger partial charge on any atom is 0.258 e. The number of carbonyl (C=O) groups is 1. The molecule has 0 N–H and O–H groups in total. The lowest BCUT2D eigenvalue weighted by atomic mass is 10.2. The molecule has 1 amide bonds. The third-order valence-corrected chi connectivity index (χ3v) is 2.86. The van der Waals surface area contributed by atoms with Gasteiger partial charge in [-0.3, -0.25) is 4.79 Å². The van der Waals surface area contributed by atoms with Crippen LogP contribution in [0.2, 0.25) is 0 Å². The van der Waals surface area contributed by atoms with E-state index in [-0.39, 0.29) is 5.91 Å². The Bertz CT molecular complexity index is 534. The number of hydrogen-bond donors (Lipinski definition) is 0. The second-order valence-electron chi connectivity index (χ2n) is 4.16. The smallest absolute Gasteiger partial charge is 0.258 e. The molecular formula is C16H17NO2. The highest BCUT2D eigenvalue weighted by Crippen LogP contribution is 2.17.